The molecule has 114 valence electrons. The molecular formula is C16H21FN2O2. The van der Waals surface area contributed by atoms with Crippen molar-refractivity contribution in [3.05, 3.63) is 35.6 Å². The standard InChI is InChI=1S/C16H21FN2O2/c17-13-3-1-12(2-4-13)5-8-18-15(20)14-16(11-19-14)6-9-21-10-7-16/h1-4,14,19H,5-11H2,(H,18,20). The van der Waals surface area contributed by atoms with E-state index in [1.807, 2.05) is 0 Å². The molecule has 0 bridgehead atoms. The van der Waals surface area contributed by atoms with E-state index in [0.717, 1.165) is 44.6 Å². The van der Waals surface area contributed by atoms with Crippen molar-refractivity contribution in [3.8, 4) is 0 Å². The zero-order valence-corrected chi connectivity index (χ0v) is 12.0. The van der Waals surface area contributed by atoms with E-state index in [4.69, 9.17) is 4.74 Å². The van der Waals surface area contributed by atoms with Crippen LogP contribution in [0.25, 0.3) is 0 Å². The Morgan fingerprint density at radius 2 is 2.05 bits per heavy atom. The second kappa shape index (κ2) is 6.12. The number of amides is 1. The lowest BCUT2D eigenvalue weighted by molar-refractivity contribution is -0.135. The minimum atomic E-state index is -0.233. The van der Waals surface area contributed by atoms with Gasteiger partial charge in [0.25, 0.3) is 0 Å². The van der Waals surface area contributed by atoms with Crippen LogP contribution in [0.2, 0.25) is 0 Å². The van der Waals surface area contributed by atoms with E-state index in [1.54, 1.807) is 12.1 Å². The Morgan fingerprint density at radius 3 is 2.67 bits per heavy atom. The van der Waals surface area contributed by atoms with Crippen molar-refractivity contribution in [2.24, 2.45) is 5.41 Å². The van der Waals surface area contributed by atoms with Crippen molar-refractivity contribution in [2.75, 3.05) is 26.3 Å². The summed E-state index contributed by atoms with van der Waals surface area (Å²) in [6.07, 6.45) is 2.63. The molecule has 1 aromatic rings. The Labute approximate surface area is 124 Å². The molecule has 0 radical (unpaired) electrons. The highest BCUT2D eigenvalue weighted by molar-refractivity contribution is 5.84. The van der Waals surface area contributed by atoms with Crippen LogP contribution in [0, 0.1) is 11.2 Å². The summed E-state index contributed by atoms with van der Waals surface area (Å²) in [4.78, 5) is 12.3. The quantitative estimate of drug-likeness (QED) is 0.878. The SMILES string of the molecule is O=C(NCCc1ccc(F)cc1)C1NCC12CCOCC2. The first-order valence-corrected chi connectivity index (χ1v) is 7.53. The third-order valence-corrected chi connectivity index (χ3v) is 4.65. The second-order valence-electron chi connectivity index (χ2n) is 5.96. The van der Waals surface area contributed by atoms with Gasteiger partial charge in [0.2, 0.25) is 5.91 Å². The molecule has 1 aromatic carbocycles. The van der Waals surface area contributed by atoms with Gasteiger partial charge in [-0.15, -0.1) is 0 Å². The molecule has 2 heterocycles. The van der Waals surface area contributed by atoms with Gasteiger partial charge in [0.1, 0.15) is 5.82 Å². The first-order chi connectivity index (χ1) is 10.2. The maximum Gasteiger partial charge on any atom is 0.237 e. The Hall–Kier alpha value is -1.46. The van der Waals surface area contributed by atoms with E-state index in [1.165, 1.54) is 12.1 Å². The zero-order chi connectivity index (χ0) is 14.7. The number of rotatable bonds is 4. The number of carbonyl (C=O) groups is 1. The lowest BCUT2D eigenvalue weighted by Gasteiger charge is -2.51. The van der Waals surface area contributed by atoms with Crippen LogP contribution in [-0.2, 0) is 16.0 Å². The molecule has 4 nitrogen and oxygen atoms in total. The monoisotopic (exact) mass is 292 g/mol. The van der Waals surface area contributed by atoms with Crippen LogP contribution in [0.5, 0.6) is 0 Å². The largest absolute Gasteiger partial charge is 0.381 e. The molecule has 1 spiro atoms. The molecule has 1 unspecified atom stereocenters. The summed E-state index contributed by atoms with van der Waals surface area (Å²) in [5.41, 5.74) is 1.12. The lowest BCUT2D eigenvalue weighted by Crippen LogP contribution is -2.69. The molecule has 1 atom stereocenters. The molecule has 1 amide bonds. The highest BCUT2D eigenvalue weighted by atomic mass is 19.1. The van der Waals surface area contributed by atoms with Crippen LogP contribution in [0.15, 0.2) is 24.3 Å². The number of nitrogens with one attached hydrogen (secondary N) is 2. The molecule has 2 aliphatic rings. The van der Waals surface area contributed by atoms with E-state index < -0.39 is 0 Å². The van der Waals surface area contributed by atoms with Crippen LogP contribution in [0.3, 0.4) is 0 Å². The summed E-state index contributed by atoms with van der Waals surface area (Å²) in [6, 6.07) is 6.31. The van der Waals surface area contributed by atoms with E-state index >= 15 is 0 Å². The van der Waals surface area contributed by atoms with Gasteiger partial charge in [0.05, 0.1) is 6.04 Å². The molecular weight excluding hydrogens is 271 g/mol. The fraction of sp³-hybridized carbons (Fsp3) is 0.562. The lowest BCUT2D eigenvalue weighted by atomic mass is 9.67. The molecule has 2 aliphatic heterocycles. The number of halogens is 1. The molecule has 21 heavy (non-hydrogen) atoms. The van der Waals surface area contributed by atoms with Crippen LogP contribution in [0.1, 0.15) is 18.4 Å². The van der Waals surface area contributed by atoms with Gasteiger partial charge in [-0.05, 0) is 37.0 Å². The van der Waals surface area contributed by atoms with Crippen LogP contribution >= 0.6 is 0 Å². The number of carbonyl (C=O) groups excluding carboxylic acids is 1. The number of hydrogen-bond acceptors (Lipinski definition) is 3. The summed E-state index contributed by atoms with van der Waals surface area (Å²) >= 11 is 0. The van der Waals surface area contributed by atoms with Crippen LogP contribution < -0.4 is 10.6 Å². The normalized spacial score (nSPS) is 23.6. The first kappa shape index (κ1) is 14.5. The fourth-order valence-electron chi connectivity index (χ4n) is 3.19. The van der Waals surface area contributed by atoms with Gasteiger partial charge in [-0.2, -0.15) is 0 Å². The van der Waals surface area contributed by atoms with Crippen LogP contribution in [-0.4, -0.2) is 38.3 Å². The second-order valence-corrected chi connectivity index (χ2v) is 5.96. The predicted molar refractivity (Wildman–Crippen MR) is 77.4 cm³/mol. The summed E-state index contributed by atoms with van der Waals surface area (Å²) in [7, 11) is 0. The van der Waals surface area contributed by atoms with Gasteiger partial charge >= 0.3 is 0 Å². The number of benzene rings is 1. The smallest absolute Gasteiger partial charge is 0.237 e. The van der Waals surface area contributed by atoms with E-state index in [2.05, 4.69) is 10.6 Å². The highest BCUT2D eigenvalue weighted by Crippen LogP contribution is 2.39. The topological polar surface area (TPSA) is 50.4 Å². The minimum absolute atomic E-state index is 0.0743. The minimum Gasteiger partial charge on any atom is -0.381 e. The molecule has 0 aromatic heterocycles. The molecule has 0 saturated carbocycles. The number of ether oxygens (including phenoxy) is 1. The zero-order valence-electron chi connectivity index (χ0n) is 12.0. The average Bonchev–Trinajstić information content (AvgIpc) is 2.49. The molecule has 2 N–H and O–H groups in total. The molecule has 2 saturated heterocycles. The molecule has 5 heteroatoms. The average molecular weight is 292 g/mol. The third-order valence-electron chi connectivity index (χ3n) is 4.65. The van der Waals surface area contributed by atoms with Crippen LogP contribution in [0.4, 0.5) is 4.39 Å². The van der Waals surface area contributed by atoms with Crippen molar-refractivity contribution in [1.82, 2.24) is 10.6 Å². The van der Waals surface area contributed by atoms with Gasteiger partial charge in [0, 0.05) is 31.7 Å². The van der Waals surface area contributed by atoms with Gasteiger partial charge in [0.15, 0.2) is 0 Å². The Balaban J connectivity index is 1.47. The Bertz CT molecular complexity index is 498. The highest BCUT2D eigenvalue weighted by Gasteiger charge is 2.50. The Kier molecular flexibility index (Phi) is 4.22. The van der Waals surface area contributed by atoms with E-state index in [0.29, 0.717) is 6.54 Å². The van der Waals surface area contributed by atoms with Crippen molar-refractivity contribution < 1.29 is 13.9 Å². The van der Waals surface area contributed by atoms with E-state index in [9.17, 15) is 9.18 Å². The van der Waals surface area contributed by atoms with Gasteiger partial charge < -0.3 is 15.4 Å². The van der Waals surface area contributed by atoms with Crippen molar-refractivity contribution in [2.45, 2.75) is 25.3 Å². The van der Waals surface area contributed by atoms with E-state index in [-0.39, 0.29) is 23.2 Å². The van der Waals surface area contributed by atoms with Crippen molar-refractivity contribution in [3.63, 3.8) is 0 Å². The van der Waals surface area contributed by atoms with Crippen molar-refractivity contribution in [1.29, 1.82) is 0 Å². The molecule has 0 aliphatic carbocycles. The Morgan fingerprint density at radius 1 is 1.33 bits per heavy atom. The summed E-state index contributed by atoms with van der Waals surface area (Å²) in [5.74, 6) is -0.159. The molecule has 3 rings (SSSR count). The fourth-order valence-corrected chi connectivity index (χ4v) is 3.19. The maximum atomic E-state index is 12.8. The summed E-state index contributed by atoms with van der Waals surface area (Å²) in [5, 5.41) is 6.23. The van der Waals surface area contributed by atoms with Gasteiger partial charge in [-0.1, -0.05) is 12.1 Å². The molecule has 2 fully saturated rings. The summed E-state index contributed by atoms with van der Waals surface area (Å²) < 4.78 is 18.2. The maximum absolute atomic E-state index is 12.8. The predicted octanol–water partition coefficient (Wildman–Crippen LogP) is 1.25. The van der Waals surface area contributed by atoms with Gasteiger partial charge in [-0.3, -0.25) is 4.79 Å². The summed E-state index contributed by atoms with van der Waals surface area (Å²) in [6.45, 7) is 2.99. The van der Waals surface area contributed by atoms with Gasteiger partial charge in [-0.25, -0.2) is 4.39 Å². The van der Waals surface area contributed by atoms with Crippen molar-refractivity contribution >= 4 is 5.91 Å². The third kappa shape index (κ3) is 3.09. The first-order valence-electron chi connectivity index (χ1n) is 7.53. The number of hydrogen-bond donors (Lipinski definition) is 2.